The molecule has 1 aromatic heterocycles. The third-order valence-corrected chi connectivity index (χ3v) is 5.28. The fourth-order valence-corrected chi connectivity index (χ4v) is 4.16. The summed E-state index contributed by atoms with van der Waals surface area (Å²) in [6.45, 7) is 0.454. The van der Waals surface area contributed by atoms with E-state index in [0.717, 1.165) is 22.6 Å². The average Bonchev–Trinajstić information content (AvgIpc) is 2.92. The lowest BCUT2D eigenvalue weighted by Gasteiger charge is -2.20. The Morgan fingerprint density at radius 3 is 2.95 bits per heavy atom. The number of amides is 1. The number of hydrogen-bond acceptors (Lipinski definition) is 4. The molecule has 3 nitrogen and oxygen atoms in total. The maximum absolute atomic E-state index is 11.9. The highest BCUT2D eigenvalue weighted by Gasteiger charge is 2.17. The minimum absolute atomic E-state index is 0.121. The van der Waals surface area contributed by atoms with E-state index in [1.807, 2.05) is 23.9 Å². The number of hydrogen-bond donors (Lipinski definition) is 2. The summed E-state index contributed by atoms with van der Waals surface area (Å²) in [6.07, 6.45) is 2.99. The van der Waals surface area contributed by atoms with Crippen molar-refractivity contribution in [3.8, 4) is 11.8 Å². The lowest BCUT2D eigenvalue weighted by molar-refractivity contribution is -0.122. The van der Waals surface area contributed by atoms with Gasteiger partial charge in [-0.15, -0.1) is 11.3 Å². The Morgan fingerprint density at radius 1 is 1.40 bits per heavy atom. The minimum atomic E-state index is -0.121. The molecule has 20 heavy (non-hydrogen) atoms. The molecule has 2 heterocycles. The fraction of sp³-hybridized carbons (Fsp3) is 0.533. The van der Waals surface area contributed by atoms with Gasteiger partial charge in [-0.1, -0.05) is 11.8 Å². The van der Waals surface area contributed by atoms with Crippen LogP contribution in [-0.2, 0) is 11.3 Å². The van der Waals surface area contributed by atoms with Gasteiger partial charge in [0.25, 0.3) is 0 Å². The molecule has 1 saturated heterocycles. The Kier molecular flexibility index (Phi) is 6.44. The first-order chi connectivity index (χ1) is 9.78. The standard InChI is InChI=1S/C15H19NO2S2/c17-7-1-2-13-3-4-14(20-13)11-16-15(18)10-12-5-8-19-9-6-12/h3-4,12,17H,5-11H2,(H,16,18). The molecule has 0 aromatic carbocycles. The zero-order valence-corrected chi connectivity index (χ0v) is 13.0. The van der Waals surface area contributed by atoms with Gasteiger partial charge < -0.3 is 10.4 Å². The second kappa shape index (κ2) is 8.35. The van der Waals surface area contributed by atoms with Gasteiger partial charge in [-0.25, -0.2) is 0 Å². The molecule has 2 N–H and O–H groups in total. The highest BCUT2D eigenvalue weighted by Crippen LogP contribution is 2.25. The quantitative estimate of drug-likeness (QED) is 0.839. The zero-order chi connectivity index (χ0) is 14.2. The Hall–Kier alpha value is -0.960. The molecule has 0 saturated carbocycles. The number of thioether (sulfide) groups is 1. The fourth-order valence-electron chi connectivity index (χ4n) is 2.14. The SMILES string of the molecule is O=C(CC1CCSCC1)NCc1ccc(C#CCO)s1. The number of rotatable bonds is 4. The summed E-state index contributed by atoms with van der Waals surface area (Å²) >= 11 is 3.54. The molecule has 0 spiro atoms. The molecule has 0 atom stereocenters. The molecule has 0 bridgehead atoms. The second-order valence-electron chi connectivity index (χ2n) is 4.76. The van der Waals surface area contributed by atoms with Crippen LogP contribution in [0.25, 0.3) is 0 Å². The van der Waals surface area contributed by atoms with Crippen LogP contribution in [0.1, 0.15) is 29.0 Å². The van der Waals surface area contributed by atoms with Gasteiger partial charge >= 0.3 is 0 Å². The first-order valence-corrected chi connectivity index (χ1v) is 8.78. The summed E-state index contributed by atoms with van der Waals surface area (Å²) in [5.74, 6) is 8.59. The van der Waals surface area contributed by atoms with Gasteiger partial charge in [-0.2, -0.15) is 11.8 Å². The molecule has 1 amide bonds. The van der Waals surface area contributed by atoms with E-state index in [1.54, 1.807) is 11.3 Å². The van der Waals surface area contributed by atoms with Crippen LogP contribution in [0.3, 0.4) is 0 Å². The van der Waals surface area contributed by atoms with Crippen molar-refractivity contribution in [3.05, 3.63) is 21.9 Å². The number of aliphatic hydroxyl groups excluding tert-OH is 1. The monoisotopic (exact) mass is 309 g/mol. The third-order valence-electron chi connectivity index (χ3n) is 3.23. The van der Waals surface area contributed by atoms with Crippen molar-refractivity contribution in [1.82, 2.24) is 5.32 Å². The van der Waals surface area contributed by atoms with Crippen molar-refractivity contribution in [3.63, 3.8) is 0 Å². The molecule has 1 aliphatic rings. The Labute approximate surface area is 128 Å². The predicted octanol–water partition coefficient (Wildman–Crippen LogP) is 2.24. The zero-order valence-electron chi connectivity index (χ0n) is 11.4. The Morgan fingerprint density at radius 2 is 2.20 bits per heavy atom. The van der Waals surface area contributed by atoms with E-state index in [-0.39, 0.29) is 12.5 Å². The van der Waals surface area contributed by atoms with Crippen LogP contribution in [0.15, 0.2) is 12.1 Å². The first kappa shape index (κ1) is 15.4. The van der Waals surface area contributed by atoms with Crippen LogP contribution < -0.4 is 5.32 Å². The van der Waals surface area contributed by atoms with Crippen molar-refractivity contribution in [2.45, 2.75) is 25.8 Å². The van der Waals surface area contributed by atoms with Gasteiger partial charge in [0, 0.05) is 11.3 Å². The average molecular weight is 309 g/mol. The highest BCUT2D eigenvalue weighted by molar-refractivity contribution is 7.99. The number of carbonyl (C=O) groups excluding carboxylic acids is 1. The largest absolute Gasteiger partial charge is 0.384 e. The minimum Gasteiger partial charge on any atom is -0.384 e. The second-order valence-corrected chi connectivity index (χ2v) is 7.16. The highest BCUT2D eigenvalue weighted by atomic mass is 32.2. The molecule has 1 aliphatic heterocycles. The molecule has 1 fully saturated rings. The Bertz CT molecular complexity index is 495. The van der Waals surface area contributed by atoms with E-state index in [4.69, 9.17) is 5.11 Å². The number of thiophene rings is 1. The number of carbonyl (C=O) groups is 1. The summed E-state index contributed by atoms with van der Waals surface area (Å²) in [5, 5.41) is 11.6. The van der Waals surface area contributed by atoms with Gasteiger partial charge in [-0.3, -0.25) is 4.79 Å². The van der Waals surface area contributed by atoms with Crippen molar-refractivity contribution in [2.24, 2.45) is 5.92 Å². The lowest BCUT2D eigenvalue weighted by atomic mass is 9.98. The van der Waals surface area contributed by atoms with Crippen molar-refractivity contribution in [1.29, 1.82) is 0 Å². The van der Waals surface area contributed by atoms with Crippen molar-refractivity contribution >= 4 is 29.0 Å². The molecule has 2 rings (SSSR count). The summed E-state index contributed by atoms with van der Waals surface area (Å²) in [6, 6.07) is 3.90. The van der Waals surface area contributed by atoms with E-state index in [0.29, 0.717) is 18.9 Å². The molecule has 1 aromatic rings. The molecule has 0 radical (unpaired) electrons. The van der Waals surface area contributed by atoms with Crippen LogP contribution in [0.5, 0.6) is 0 Å². The van der Waals surface area contributed by atoms with Crippen molar-refractivity contribution < 1.29 is 9.90 Å². The maximum atomic E-state index is 11.9. The third kappa shape index (κ3) is 5.20. The number of aliphatic hydroxyl groups is 1. The molecule has 0 unspecified atom stereocenters. The van der Waals surface area contributed by atoms with Gasteiger partial charge in [0.1, 0.15) is 6.61 Å². The van der Waals surface area contributed by atoms with Crippen LogP contribution in [0, 0.1) is 17.8 Å². The molecule has 5 heteroatoms. The van der Waals surface area contributed by atoms with Crippen molar-refractivity contribution in [2.75, 3.05) is 18.1 Å². The van der Waals surface area contributed by atoms with Gasteiger partial charge in [0.05, 0.1) is 11.4 Å². The van der Waals surface area contributed by atoms with Crippen LogP contribution >= 0.6 is 23.1 Å². The topological polar surface area (TPSA) is 49.3 Å². The van der Waals surface area contributed by atoms with Crippen LogP contribution in [0.4, 0.5) is 0 Å². The van der Waals surface area contributed by atoms with E-state index >= 15 is 0 Å². The van der Waals surface area contributed by atoms with Crippen LogP contribution in [0.2, 0.25) is 0 Å². The molecular formula is C15H19NO2S2. The normalized spacial score (nSPS) is 15.4. The smallest absolute Gasteiger partial charge is 0.220 e. The maximum Gasteiger partial charge on any atom is 0.220 e. The van der Waals surface area contributed by atoms with E-state index in [9.17, 15) is 4.79 Å². The summed E-state index contributed by atoms with van der Waals surface area (Å²) in [4.78, 5) is 13.9. The van der Waals surface area contributed by atoms with E-state index in [2.05, 4.69) is 17.2 Å². The summed E-state index contributed by atoms with van der Waals surface area (Å²) in [5.41, 5.74) is 0. The van der Waals surface area contributed by atoms with Gasteiger partial charge in [0.15, 0.2) is 0 Å². The van der Waals surface area contributed by atoms with Gasteiger partial charge in [0.2, 0.25) is 5.91 Å². The molecule has 108 valence electrons. The summed E-state index contributed by atoms with van der Waals surface area (Å²) in [7, 11) is 0. The molecular weight excluding hydrogens is 290 g/mol. The predicted molar refractivity (Wildman–Crippen MR) is 84.8 cm³/mol. The Balaban J connectivity index is 1.73. The number of nitrogens with one attached hydrogen (secondary N) is 1. The molecule has 0 aliphatic carbocycles. The first-order valence-electron chi connectivity index (χ1n) is 6.81. The van der Waals surface area contributed by atoms with E-state index < -0.39 is 0 Å². The lowest BCUT2D eigenvalue weighted by Crippen LogP contribution is -2.26. The summed E-state index contributed by atoms with van der Waals surface area (Å²) < 4.78 is 0. The van der Waals surface area contributed by atoms with E-state index in [1.165, 1.54) is 11.5 Å². The van der Waals surface area contributed by atoms with Crippen LogP contribution in [-0.4, -0.2) is 29.1 Å². The van der Waals surface area contributed by atoms with Gasteiger partial charge in [-0.05, 0) is 42.4 Å².